The van der Waals surface area contributed by atoms with Gasteiger partial charge in [-0.05, 0) is 99.8 Å². The first-order valence-electron chi connectivity index (χ1n) is 18.9. The highest BCUT2D eigenvalue weighted by molar-refractivity contribution is 6.25. The van der Waals surface area contributed by atoms with Gasteiger partial charge in [0.05, 0.1) is 22.1 Å². The zero-order chi connectivity index (χ0) is 36.7. The highest BCUT2D eigenvalue weighted by atomic mass is 16.3. The van der Waals surface area contributed by atoms with Crippen LogP contribution in [0.2, 0.25) is 0 Å². The van der Waals surface area contributed by atoms with Crippen molar-refractivity contribution in [2.45, 2.75) is 0 Å². The van der Waals surface area contributed by atoms with Gasteiger partial charge in [0, 0.05) is 27.2 Å². The van der Waals surface area contributed by atoms with Gasteiger partial charge in [-0.2, -0.15) is 0 Å². The number of anilines is 3. The predicted octanol–water partition coefficient (Wildman–Crippen LogP) is 15.3. The first-order chi connectivity index (χ1) is 27.7. The molecule has 0 saturated carbocycles. The number of para-hydroxylation sites is 3. The first kappa shape index (κ1) is 30.9. The zero-order valence-electron chi connectivity index (χ0n) is 30.1. The number of nitrogens with zero attached hydrogens (tertiary/aromatic N) is 1. The van der Waals surface area contributed by atoms with Crippen LogP contribution < -0.4 is 4.90 Å². The molecule has 4 nitrogen and oxygen atoms in total. The molecule has 0 N–H and O–H groups in total. The van der Waals surface area contributed by atoms with E-state index in [1.165, 1.54) is 21.9 Å². The Morgan fingerprint density at radius 3 is 1.61 bits per heavy atom. The van der Waals surface area contributed by atoms with Gasteiger partial charge in [0.2, 0.25) is 0 Å². The fraction of sp³-hybridized carbons (Fsp3) is 0. The average Bonchev–Trinajstić information content (AvgIpc) is 3.96. The third-order valence-electron chi connectivity index (χ3n) is 11.3. The van der Waals surface area contributed by atoms with Crippen LogP contribution in [0, 0.1) is 0 Å². The number of hydrogen-bond acceptors (Lipinski definition) is 4. The molecule has 12 rings (SSSR count). The van der Waals surface area contributed by atoms with Crippen LogP contribution in [-0.2, 0) is 0 Å². The molecule has 0 atom stereocenters. The summed E-state index contributed by atoms with van der Waals surface area (Å²) in [5.74, 6) is 0. The minimum absolute atomic E-state index is 0.781. The summed E-state index contributed by atoms with van der Waals surface area (Å²) in [4.78, 5) is 2.31. The Bertz CT molecular complexity index is 3480. The number of benzene rings is 9. The fourth-order valence-corrected chi connectivity index (χ4v) is 8.61. The molecule has 0 radical (unpaired) electrons. The number of rotatable bonds is 5. The smallest absolute Gasteiger partial charge is 0.159 e. The van der Waals surface area contributed by atoms with Gasteiger partial charge in [-0.25, -0.2) is 0 Å². The monoisotopic (exact) mass is 717 g/mol. The lowest BCUT2D eigenvalue weighted by molar-refractivity contribution is 0.662. The van der Waals surface area contributed by atoms with E-state index in [4.69, 9.17) is 13.3 Å². The maximum atomic E-state index is 6.69. The molecule has 0 aliphatic rings. The van der Waals surface area contributed by atoms with Gasteiger partial charge >= 0.3 is 0 Å². The molecule has 4 heteroatoms. The van der Waals surface area contributed by atoms with Crippen molar-refractivity contribution in [3.63, 3.8) is 0 Å². The Morgan fingerprint density at radius 1 is 0.304 bits per heavy atom. The largest absolute Gasteiger partial charge is 0.456 e. The van der Waals surface area contributed by atoms with E-state index in [1.54, 1.807) is 0 Å². The van der Waals surface area contributed by atoms with E-state index >= 15 is 0 Å². The Labute approximate surface area is 321 Å². The van der Waals surface area contributed by atoms with E-state index in [1.807, 2.05) is 30.3 Å². The van der Waals surface area contributed by atoms with Crippen molar-refractivity contribution in [3.05, 3.63) is 188 Å². The molecule has 56 heavy (non-hydrogen) atoms. The van der Waals surface area contributed by atoms with E-state index in [-0.39, 0.29) is 0 Å². The molecule has 9 aromatic carbocycles. The second kappa shape index (κ2) is 12.0. The maximum Gasteiger partial charge on any atom is 0.159 e. The predicted molar refractivity (Wildman–Crippen MR) is 231 cm³/mol. The van der Waals surface area contributed by atoms with Crippen LogP contribution in [0.25, 0.3) is 98.8 Å². The van der Waals surface area contributed by atoms with Crippen LogP contribution in [0.3, 0.4) is 0 Å². The Morgan fingerprint density at radius 2 is 0.857 bits per heavy atom. The van der Waals surface area contributed by atoms with Crippen LogP contribution in [0.15, 0.2) is 201 Å². The molecule has 0 unspecified atom stereocenters. The van der Waals surface area contributed by atoms with Crippen LogP contribution in [-0.4, -0.2) is 0 Å². The van der Waals surface area contributed by atoms with Crippen LogP contribution in [0.1, 0.15) is 0 Å². The second-order valence-corrected chi connectivity index (χ2v) is 14.4. The average molecular weight is 718 g/mol. The Kier molecular flexibility index (Phi) is 6.60. The molecule has 0 spiro atoms. The summed E-state index contributed by atoms with van der Waals surface area (Å²) in [6.07, 6.45) is 0. The van der Waals surface area contributed by atoms with Crippen molar-refractivity contribution in [1.29, 1.82) is 0 Å². The van der Waals surface area contributed by atoms with Gasteiger partial charge in [-0.1, -0.05) is 121 Å². The highest BCUT2D eigenvalue weighted by Gasteiger charge is 2.25. The SMILES string of the molecule is c1ccc(-c2ccc3ccc(-c4ccc(N(c5cccc6c5oc5ccccc56)c5cccc6oc7ccc8c9ccccc9oc8c7c56)cc4)cc3c2)cc1. The van der Waals surface area contributed by atoms with Gasteiger partial charge in [0.25, 0.3) is 0 Å². The molecule has 3 aromatic heterocycles. The van der Waals surface area contributed by atoms with E-state index in [0.29, 0.717) is 0 Å². The zero-order valence-corrected chi connectivity index (χ0v) is 30.1. The van der Waals surface area contributed by atoms with Gasteiger partial charge in [0.15, 0.2) is 5.58 Å². The van der Waals surface area contributed by atoms with Crippen molar-refractivity contribution >= 4 is 93.7 Å². The molecule has 262 valence electrons. The molecule has 12 aromatic rings. The molecular weight excluding hydrogens is 687 g/mol. The van der Waals surface area contributed by atoms with E-state index in [2.05, 4.69) is 163 Å². The van der Waals surface area contributed by atoms with Crippen LogP contribution in [0.4, 0.5) is 17.1 Å². The van der Waals surface area contributed by atoms with Crippen molar-refractivity contribution in [1.82, 2.24) is 0 Å². The van der Waals surface area contributed by atoms with Gasteiger partial charge < -0.3 is 18.2 Å². The van der Waals surface area contributed by atoms with Crippen LogP contribution in [0.5, 0.6) is 0 Å². The van der Waals surface area contributed by atoms with E-state index < -0.39 is 0 Å². The minimum atomic E-state index is 0.781. The minimum Gasteiger partial charge on any atom is -0.456 e. The third-order valence-corrected chi connectivity index (χ3v) is 11.3. The standard InChI is InChI=1S/C52H31NO3/c1-2-10-32(11-3-1)35-22-20-34-21-23-36(31-37(34)30-35)33-24-26-38(27-25-33)53(44-16-8-14-41-39-12-4-6-17-45(39)55-51(41)44)43-15-9-19-47-49(43)50-48(54-47)29-28-42-40-13-5-7-18-46(40)56-52(42)50/h1-31H. The summed E-state index contributed by atoms with van der Waals surface area (Å²) in [5, 5.41) is 8.65. The maximum absolute atomic E-state index is 6.69. The number of hydrogen-bond donors (Lipinski definition) is 0. The summed E-state index contributed by atoms with van der Waals surface area (Å²) in [5.41, 5.74) is 12.5. The molecule has 0 amide bonds. The lowest BCUT2D eigenvalue weighted by Crippen LogP contribution is -2.10. The summed E-state index contributed by atoms with van der Waals surface area (Å²) in [6, 6.07) is 66.1. The molecule has 0 aliphatic heterocycles. The Balaban J connectivity index is 1.07. The quantitative estimate of drug-likeness (QED) is 0.178. The third kappa shape index (κ3) is 4.66. The molecule has 0 bridgehead atoms. The molecule has 0 fully saturated rings. The Hall–Kier alpha value is -7.56. The first-order valence-corrected chi connectivity index (χ1v) is 18.9. The number of fused-ring (bicyclic) bond motifs is 11. The molecule has 0 aliphatic carbocycles. The topological polar surface area (TPSA) is 42.7 Å². The van der Waals surface area contributed by atoms with Crippen LogP contribution >= 0.6 is 0 Å². The van der Waals surface area contributed by atoms with Crippen molar-refractivity contribution in [3.8, 4) is 22.3 Å². The van der Waals surface area contributed by atoms with Gasteiger partial charge in [-0.3, -0.25) is 0 Å². The van der Waals surface area contributed by atoms with Gasteiger partial charge in [-0.15, -0.1) is 0 Å². The van der Waals surface area contributed by atoms with Crippen molar-refractivity contribution in [2.75, 3.05) is 4.90 Å². The number of furan rings is 3. The van der Waals surface area contributed by atoms with Crippen molar-refractivity contribution < 1.29 is 13.3 Å². The molecule has 3 heterocycles. The summed E-state index contributed by atoms with van der Waals surface area (Å²) in [7, 11) is 0. The summed E-state index contributed by atoms with van der Waals surface area (Å²) < 4.78 is 19.9. The van der Waals surface area contributed by atoms with E-state index in [9.17, 15) is 0 Å². The summed E-state index contributed by atoms with van der Waals surface area (Å²) in [6.45, 7) is 0. The van der Waals surface area contributed by atoms with E-state index in [0.717, 1.165) is 94.0 Å². The normalized spacial score (nSPS) is 11.9. The molecule has 0 saturated heterocycles. The second-order valence-electron chi connectivity index (χ2n) is 14.4. The lowest BCUT2D eigenvalue weighted by atomic mass is 9.97. The molecular formula is C52H31NO3. The summed E-state index contributed by atoms with van der Waals surface area (Å²) >= 11 is 0. The fourth-order valence-electron chi connectivity index (χ4n) is 8.61. The lowest BCUT2D eigenvalue weighted by Gasteiger charge is -2.26. The van der Waals surface area contributed by atoms with Crippen molar-refractivity contribution in [2.24, 2.45) is 0 Å². The van der Waals surface area contributed by atoms with Gasteiger partial charge in [0.1, 0.15) is 27.9 Å². The highest BCUT2D eigenvalue weighted by Crippen LogP contribution is 2.48.